The second kappa shape index (κ2) is 2.58. The summed E-state index contributed by atoms with van der Waals surface area (Å²) in [6, 6.07) is 0. The van der Waals surface area contributed by atoms with E-state index in [0.717, 1.165) is 0 Å². The second-order valence-corrected chi connectivity index (χ2v) is 1.55. The number of nitrogens with one attached hydrogen (secondary N) is 1. The van der Waals surface area contributed by atoms with Gasteiger partial charge in [0.25, 0.3) is 0 Å². The molecule has 3 nitrogen and oxygen atoms in total. The van der Waals surface area contributed by atoms with Gasteiger partial charge in [0.05, 0.1) is 6.54 Å². The number of hydrogen-bond acceptors (Lipinski definition) is 2. The fourth-order valence-electron chi connectivity index (χ4n) is 0.183. The topological polar surface area (TPSA) is 53.1 Å². The quantitative estimate of drug-likeness (QED) is 0.345. The lowest BCUT2D eigenvalue weighted by molar-refractivity contribution is 0.607. The molecule has 0 aromatic carbocycles. The molecule has 0 aliphatic carbocycles. The third-order valence-electron chi connectivity index (χ3n) is 0.733. The Balaban J connectivity index is 3.35. The molecule has 0 aromatic heterocycles. The van der Waals surface area contributed by atoms with E-state index in [4.69, 9.17) is 11.1 Å². The predicted octanol–water partition coefficient (Wildman–Crippen LogP) is -0.516. The Kier molecular flexibility index (Phi) is 2.37. The van der Waals surface area contributed by atoms with E-state index in [0.29, 0.717) is 12.4 Å². The first-order chi connectivity index (χ1) is 3.18. The van der Waals surface area contributed by atoms with E-state index < -0.39 is 0 Å². The molecule has 0 spiro atoms. The van der Waals surface area contributed by atoms with Gasteiger partial charge in [-0.1, -0.05) is 0 Å². The Labute approximate surface area is 43.6 Å². The van der Waals surface area contributed by atoms with Gasteiger partial charge in [0.2, 0.25) is 0 Å². The number of hydrogen-bond donors (Lipinski definition) is 2. The van der Waals surface area contributed by atoms with Gasteiger partial charge in [-0.3, -0.25) is 5.41 Å². The van der Waals surface area contributed by atoms with Gasteiger partial charge in [0, 0.05) is 14.1 Å². The first-order valence-electron chi connectivity index (χ1n) is 2.13. The summed E-state index contributed by atoms with van der Waals surface area (Å²) < 4.78 is 0. The smallest absolute Gasteiger partial charge is 0.109 e. The van der Waals surface area contributed by atoms with E-state index >= 15 is 0 Å². The lowest BCUT2D eigenvalue weighted by Crippen LogP contribution is -2.28. The van der Waals surface area contributed by atoms with Crippen molar-refractivity contribution in [3.05, 3.63) is 0 Å². The summed E-state index contributed by atoms with van der Waals surface area (Å²) in [5.41, 5.74) is 5.11. The van der Waals surface area contributed by atoms with Crippen LogP contribution in [0.15, 0.2) is 0 Å². The van der Waals surface area contributed by atoms with Crippen molar-refractivity contribution < 1.29 is 0 Å². The van der Waals surface area contributed by atoms with Crippen molar-refractivity contribution in [2.24, 2.45) is 5.73 Å². The van der Waals surface area contributed by atoms with E-state index in [1.54, 1.807) is 19.0 Å². The molecule has 0 aromatic rings. The van der Waals surface area contributed by atoms with Crippen molar-refractivity contribution in [1.82, 2.24) is 4.90 Å². The molecule has 0 unspecified atom stereocenters. The summed E-state index contributed by atoms with van der Waals surface area (Å²) in [7, 11) is 3.60. The lowest BCUT2D eigenvalue weighted by Gasteiger charge is -2.09. The summed E-state index contributed by atoms with van der Waals surface area (Å²) in [4.78, 5) is 1.68. The molecule has 0 rings (SSSR count). The zero-order chi connectivity index (χ0) is 5.86. The fraction of sp³-hybridized carbons (Fsp3) is 0.750. The van der Waals surface area contributed by atoms with E-state index in [9.17, 15) is 0 Å². The minimum absolute atomic E-state index is 0.326. The molecule has 3 N–H and O–H groups in total. The van der Waals surface area contributed by atoms with Crippen LogP contribution in [-0.2, 0) is 0 Å². The highest BCUT2D eigenvalue weighted by atomic mass is 15.1. The number of likely N-dealkylation sites (N-methyl/N-ethyl adjacent to an activating group) is 1. The Hall–Kier alpha value is -0.570. The summed E-state index contributed by atoms with van der Waals surface area (Å²) in [5.74, 6) is 0.458. The van der Waals surface area contributed by atoms with Crippen molar-refractivity contribution in [1.29, 1.82) is 5.41 Å². The lowest BCUT2D eigenvalue weighted by atomic mass is 10.5. The molecule has 0 fully saturated rings. The normalized spacial score (nSPS) is 8.43. The van der Waals surface area contributed by atoms with Crippen LogP contribution in [0.3, 0.4) is 0 Å². The second-order valence-electron chi connectivity index (χ2n) is 1.55. The van der Waals surface area contributed by atoms with Crippen LogP contribution in [0.4, 0.5) is 0 Å². The molecular formula is C4H11N3. The molecule has 3 heteroatoms. The Morgan fingerprint density at radius 1 is 1.71 bits per heavy atom. The van der Waals surface area contributed by atoms with E-state index in [2.05, 4.69) is 0 Å². The molecular weight excluding hydrogens is 90.1 g/mol. The third kappa shape index (κ3) is 2.17. The zero-order valence-corrected chi connectivity index (χ0v) is 4.73. The molecule has 0 heterocycles. The molecule has 0 aliphatic heterocycles. The van der Waals surface area contributed by atoms with Crippen molar-refractivity contribution in [2.75, 3.05) is 20.6 Å². The summed E-state index contributed by atoms with van der Waals surface area (Å²) in [6.45, 7) is 0.326. The number of nitrogens with zero attached hydrogens (tertiary/aromatic N) is 1. The Morgan fingerprint density at radius 2 is 2.14 bits per heavy atom. The SMILES string of the molecule is CN(C)C(=N)CN. The molecule has 0 saturated heterocycles. The maximum Gasteiger partial charge on any atom is 0.109 e. The standard InChI is InChI=1S/C4H11N3/c1-7(2)4(6)3-5/h6H,3,5H2,1-2H3. The van der Waals surface area contributed by atoms with Crippen molar-refractivity contribution >= 4 is 5.84 Å². The van der Waals surface area contributed by atoms with Gasteiger partial charge in [-0.05, 0) is 0 Å². The first kappa shape index (κ1) is 6.43. The highest BCUT2D eigenvalue weighted by Crippen LogP contribution is 1.71. The van der Waals surface area contributed by atoms with Crippen LogP contribution in [0.1, 0.15) is 0 Å². The minimum atomic E-state index is 0.326. The van der Waals surface area contributed by atoms with E-state index in [1.165, 1.54) is 0 Å². The van der Waals surface area contributed by atoms with Crippen molar-refractivity contribution in [3.8, 4) is 0 Å². The van der Waals surface area contributed by atoms with Crippen LogP contribution in [0, 0.1) is 5.41 Å². The number of nitrogens with two attached hydrogens (primary N) is 1. The van der Waals surface area contributed by atoms with Crippen LogP contribution in [-0.4, -0.2) is 31.4 Å². The van der Waals surface area contributed by atoms with Gasteiger partial charge in [-0.25, -0.2) is 0 Å². The Morgan fingerprint density at radius 3 is 2.14 bits per heavy atom. The molecule has 0 bridgehead atoms. The van der Waals surface area contributed by atoms with Crippen LogP contribution in [0.2, 0.25) is 0 Å². The van der Waals surface area contributed by atoms with Gasteiger partial charge < -0.3 is 10.6 Å². The highest BCUT2D eigenvalue weighted by molar-refractivity contribution is 5.80. The maximum absolute atomic E-state index is 6.99. The molecule has 0 atom stereocenters. The minimum Gasteiger partial charge on any atom is -0.366 e. The van der Waals surface area contributed by atoms with Crippen LogP contribution >= 0.6 is 0 Å². The molecule has 7 heavy (non-hydrogen) atoms. The molecule has 0 radical (unpaired) electrons. The third-order valence-corrected chi connectivity index (χ3v) is 0.733. The van der Waals surface area contributed by atoms with E-state index in [1.807, 2.05) is 0 Å². The maximum atomic E-state index is 6.99. The van der Waals surface area contributed by atoms with Crippen LogP contribution in [0.5, 0.6) is 0 Å². The molecule has 42 valence electrons. The van der Waals surface area contributed by atoms with Crippen molar-refractivity contribution in [3.63, 3.8) is 0 Å². The largest absolute Gasteiger partial charge is 0.366 e. The van der Waals surface area contributed by atoms with Gasteiger partial charge in [-0.15, -0.1) is 0 Å². The molecule has 0 saturated carbocycles. The van der Waals surface area contributed by atoms with Gasteiger partial charge in [0.1, 0.15) is 5.84 Å². The number of amidine groups is 1. The van der Waals surface area contributed by atoms with Gasteiger partial charge in [0.15, 0.2) is 0 Å². The predicted molar refractivity (Wildman–Crippen MR) is 30.5 cm³/mol. The molecule has 0 aliphatic rings. The average molecular weight is 101 g/mol. The van der Waals surface area contributed by atoms with Crippen LogP contribution < -0.4 is 5.73 Å². The monoisotopic (exact) mass is 101 g/mol. The Bertz CT molecular complexity index is 67.3. The summed E-state index contributed by atoms with van der Waals surface area (Å²) >= 11 is 0. The first-order valence-corrected chi connectivity index (χ1v) is 2.13. The van der Waals surface area contributed by atoms with Crippen molar-refractivity contribution in [2.45, 2.75) is 0 Å². The van der Waals surface area contributed by atoms with Gasteiger partial charge in [-0.2, -0.15) is 0 Å². The number of rotatable bonds is 1. The van der Waals surface area contributed by atoms with Gasteiger partial charge >= 0.3 is 0 Å². The molecule has 0 amide bonds. The summed E-state index contributed by atoms with van der Waals surface area (Å²) in [6.07, 6.45) is 0. The highest BCUT2D eigenvalue weighted by Gasteiger charge is 1.90. The fourth-order valence-corrected chi connectivity index (χ4v) is 0.183. The summed E-state index contributed by atoms with van der Waals surface area (Å²) in [5, 5.41) is 6.99. The zero-order valence-electron chi connectivity index (χ0n) is 4.73. The van der Waals surface area contributed by atoms with E-state index in [-0.39, 0.29) is 0 Å². The average Bonchev–Trinajstić information content (AvgIpc) is 1.65. The van der Waals surface area contributed by atoms with Crippen LogP contribution in [0.25, 0.3) is 0 Å².